The molecule has 1 aromatic carbocycles. The molecule has 0 aliphatic carbocycles. The number of benzene rings is 1. The van der Waals surface area contributed by atoms with Gasteiger partial charge in [0.25, 0.3) is 0 Å². The maximum atomic E-state index is 10.0. The molecule has 6 heteroatoms. The van der Waals surface area contributed by atoms with E-state index in [1.54, 1.807) is 0 Å². The van der Waals surface area contributed by atoms with E-state index in [1.165, 1.54) is 0 Å². The molecular weight excluding hydrogens is 294 g/mol. The van der Waals surface area contributed by atoms with E-state index in [2.05, 4.69) is 5.32 Å². The molecule has 5 nitrogen and oxygen atoms in total. The maximum absolute atomic E-state index is 10.0. The van der Waals surface area contributed by atoms with Crippen LogP contribution in [-0.4, -0.2) is 54.8 Å². The molecule has 1 fully saturated rings. The molecule has 2 rings (SSSR count). The van der Waals surface area contributed by atoms with E-state index in [0.717, 1.165) is 5.56 Å². The molecule has 0 amide bonds. The Kier molecular flexibility index (Phi) is 6.41. The summed E-state index contributed by atoms with van der Waals surface area (Å²) in [7, 11) is 0. The predicted octanol–water partition coefficient (Wildman–Crippen LogP) is 0.958. The minimum absolute atomic E-state index is 0.215. The van der Waals surface area contributed by atoms with Crippen molar-refractivity contribution < 1.29 is 19.7 Å². The van der Waals surface area contributed by atoms with E-state index in [1.807, 2.05) is 24.3 Å². The molecule has 0 spiro atoms. The first kappa shape index (κ1) is 16.7. The fourth-order valence-electron chi connectivity index (χ4n) is 2.19. The molecule has 0 aromatic heterocycles. The molecule has 21 heavy (non-hydrogen) atoms. The van der Waals surface area contributed by atoms with Crippen molar-refractivity contribution in [3.05, 3.63) is 34.9 Å². The molecule has 0 radical (unpaired) electrons. The number of hydrogen-bond donors (Lipinski definition) is 3. The van der Waals surface area contributed by atoms with Crippen LogP contribution in [0.5, 0.6) is 0 Å². The van der Waals surface area contributed by atoms with Gasteiger partial charge in [0.1, 0.15) is 5.60 Å². The molecule has 1 saturated heterocycles. The van der Waals surface area contributed by atoms with Gasteiger partial charge in [-0.25, -0.2) is 0 Å². The normalized spacial score (nSPS) is 23.4. The lowest BCUT2D eigenvalue weighted by Gasteiger charge is -2.21. The van der Waals surface area contributed by atoms with Crippen LogP contribution in [0.2, 0.25) is 5.02 Å². The number of aliphatic hydroxyl groups excluding tert-OH is 1. The lowest BCUT2D eigenvalue weighted by Crippen LogP contribution is -2.44. The molecular formula is C15H22ClNO4. The van der Waals surface area contributed by atoms with Crippen molar-refractivity contribution in [1.82, 2.24) is 5.32 Å². The van der Waals surface area contributed by atoms with Crippen LogP contribution in [0.3, 0.4) is 0 Å². The van der Waals surface area contributed by atoms with Crippen molar-refractivity contribution in [3.8, 4) is 0 Å². The molecule has 0 bridgehead atoms. The second kappa shape index (κ2) is 8.08. The first-order chi connectivity index (χ1) is 10.1. The van der Waals surface area contributed by atoms with Gasteiger partial charge in [-0.15, -0.1) is 0 Å². The number of ether oxygens (including phenoxy) is 2. The Morgan fingerprint density at radius 1 is 1.43 bits per heavy atom. The number of hydrogen-bond acceptors (Lipinski definition) is 5. The molecule has 2 atom stereocenters. The van der Waals surface area contributed by atoms with Crippen LogP contribution in [-0.2, 0) is 16.1 Å². The van der Waals surface area contributed by atoms with Gasteiger partial charge in [-0.05, 0) is 11.6 Å². The molecule has 1 heterocycles. The Hall–Kier alpha value is -0.690. The standard InChI is InChI=1S/C15H22ClNO4/c16-14-4-2-1-3-12(14)8-21-9-13(18)7-17-10-15(19)5-6-20-11-15/h1-4,13,17-19H,5-11H2. The first-order valence-electron chi connectivity index (χ1n) is 7.09. The predicted molar refractivity (Wildman–Crippen MR) is 80.4 cm³/mol. The van der Waals surface area contributed by atoms with E-state index in [9.17, 15) is 10.2 Å². The monoisotopic (exact) mass is 315 g/mol. The molecule has 1 aliphatic heterocycles. The Bertz CT molecular complexity index is 437. The van der Waals surface area contributed by atoms with Crippen LogP contribution in [0.15, 0.2) is 24.3 Å². The summed E-state index contributed by atoms with van der Waals surface area (Å²) in [6.45, 7) is 2.29. The van der Waals surface area contributed by atoms with Gasteiger partial charge < -0.3 is 25.0 Å². The fraction of sp³-hybridized carbons (Fsp3) is 0.600. The van der Waals surface area contributed by atoms with Gasteiger partial charge in [0.15, 0.2) is 0 Å². The lowest BCUT2D eigenvalue weighted by molar-refractivity contribution is 0.0113. The fourth-order valence-corrected chi connectivity index (χ4v) is 2.38. The summed E-state index contributed by atoms with van der Waals surface area (Å²) in [5.74, 6) is 0. The van der Waals surface area contributed by atoms with Gasteiger partial charge in [0, 0.05) is 31.1 Å². The summed E-state index contributed by atoms with van der Waals surface area (Å²) in [5.41, 5.74) is 0.0924. The highest BCUT2D eigenvalue weighted by Crippen LogP contribution is 2.17. The van der Waals surface area contributed by atoms with Crippen molar-refractivity contribution in [2.24, 2.45) is 0 Å². The SMILES string of the molecule is OC(CNCC1(O)CCOC1)COCc1ccccc1Cl. The van der Waals surface area contributed by atoms with Crippen LogP contribution in [0, 0.1) is 0 Å². The Labute approximate surface area is 129 Å². The van der Waals surface area contributed by atoms with Crippen LogP contribution in [0.1, 0.15) is 12.0 Å². The van der Waals surface area contributed by atoms with Gasteiger partial charge >= 0.3 is 0 Å². The number of nitrogens with one attached hydrogen (secondary N) is 1. The smallest absolute Gasteiger partial charge is 0.102 e. The highest BCUT2D eigenvalue weighted by Gasteiger charge is 2.31. The minimum atomic E-state index is -0.807. The van der Waals surface area contributed by atoms with Crippen molar-refractivity contribution in [2.75, 3.05) is 32.9 Å². The van der Waals surface area contributed by atoms with Crippen LogP contribution >= 0.6 is 11.6 Å². The molecule has 2 unspecified atom stereocenters. The van der Waals surface area contributed by atoms with Crippen molar-refractivity contribution in [1.29, 1.82) is 0 Å². The summed E-state index contributed by atoms with van der Waals surface area (Å²) in [5, 5.41) is 23.6. The summed E-state index contributed by atoms with van der Waals surface area (Å²) in [4.78, 5) is 0. The number of rotatable bonds is 8. The van der Waals surface area contributed by atoms with E-state index in [0.29, 0.717) is 44.4 Å². The van der Waals surface area contributed by atoms with Crippen LogP contribution < -0.4 is 5.32 Å². The maximum Gasteiger partial charge on any atom is 0.102 e. The summed E-state index contributed by atoms with van der Waals surface area (Å²) in [6, 6.07) is 7.46. The average Bonchev–Trinajstić information content (AvgIpc) is 2.88. The third-order valence-electron chi connectivity index (χ3n) is 3.44. The average molecular weight is 316 g/mol. The van der Waals surface area contributed by atoms with Gasteiger partial charge in [-0.1, -0.05) is 29.8 Å². The Morgan fingerprint density at radius 2 is 2.24 bits per heavy atom. The molecule has 1 aliphatic rings. The third kappa shape index (κ3) is 5.54. The molecule has 1 aromatic rings. The highest BCUT2D eigenvalue weighted by molar-refractivity contribution is 6.31. The van der Waals surface area contributed by atoms with Crippen molar-refractivity contribution >= 4 is 11.6 Å². The summed E-state index contributed by atoms with van der Waals surface area (Å²) >= 11 is 6.02. The zero-order valence-corrected chi connectivity index (χ0v) is 12.7. The molecule has 3 N–H and O–H groups in total. The largest absolute Gasteiger partial charge is 0.389 e. The van der Waals surface area contributed by atoms with Gasteiger partial charge in [-0.3, -0.25) is 0 Å². The zero-order chi connectivity index (χ0) is 15.1. The van der Waals surface area contributed by atoms with Gasteiger partial charge in [0.05, 0.1) is 25.9 Å². The highest BCUT2D eigenvalue weighted by atomic mass is 35.5. The van der Waals surface area contributed by atoms with Crippen LogP contribution in [0.4, 0.5) is 0 Å². The van der Waals surface area contributed by atoms with E-state index in [-0.39, 0.29) is 6.61 Å². The van der Waals surface area contributed by atoms with Gasteiger partial charge in [-0.2, -0.15) is 0 Å². The summed E-state index contributed by atoms with van der Waals surface area (Å²) in [6.07, 6.45) is -0.00236. The summed E-state index contributed by atoms with van der Waals surface area (Å²) < 4.78 is 10.6. The van der Waals surface area contributed by atoms with Crippen molar-refractivity contribution in [2.45, 2.75) is 24.7 Å². The van der Waals surface area contributed by atoms with Crippen LogP contribution in [0.25, 0.3) is 0 Å². The second-order valence-electron chi connectivity index (χ2n) is 5.42. The molecule has 118 valence electrons. The van der Waals surface area contributed by atoms with E-state index in [4.69, 9.17) is 21.1 Å². The second-order valence-corrected chi connectivity index (χ2v) is 5.83. The quantitative estimate of drug-likeness (QED) is 0.666. The molecule has 0 saturated carbocycles. The first-order valence-corrected chi connectivity index (χ1v) is 7.47. The third-order valence-corrected chi connectivity index (χ3v) is 3.81. The number of aliphatic hydroxyl groups is 2. The van der Waals surface area contributed by atoms with Crippen molar-refractivity contribution in [3.63, 3.8) is 0 Å². The minimum Gasteiger partial charge on any atom is -0.389 e. The Balaban J connectivity index is 1.59. The zero-order valence-electron chi connectivity index (χ0n) is 11.9. The Morgan fingerprint density at radius 3 is 2.95 bits per heavy atom. The number of halogens is 1. The topological polar surface area (TPSA) is 71.0 Å². The lowest BCUT2D eigenvalue weighted by atomic mass is 10.0. The van der Waals surface area contributed by atoms with E-state index >= 15 is 0 Å². The van der Waals surface area contributed by atoms with E-state index < -0.39 is 11.7 Å². The van der Waals surface area contributed by atoms with Gasteiger partial charge in [0.2, 0.25) is 0 Å².